The van der Waals surface area contributed by atoms with Gasteiger partial charge in [0, 0.05) is 32.7 Å². The summed E-state index contributed by atoms with van der Waals surface area (Å²) in [5.74, 6) is 0. The van der Waals surface area contributed by atoms with Crippen LogP contribution in [0.15, 0.2) is 48.5 Å². The molecule has 1 aliphatic heterocycles. The van der Waals surface area contributed by atoms with Crippen LogP contribution in [0, 0.1) is 0 Å². The number of urea groups is 1. The van der Waals surface area contributed by atoms with Gasteiger partial charge in [0.25, 0.3) is 0 Å². The lowest BCUT2D eigenvalue weighted by molar-refractivity contribution is -0.137. The maximum absolute atomic E-state index is 12.6. The second-order valence-corrected chi connectivity index (χ2v) is 6.94. The van der Waals surface area contributed by atoms with E-state index in [0.29, 0.717) is 12.1 Å². The number of nitrogens with one attached hydrogen (secondary N) is 2. The SMILES string of the molecule is O=C(NCc1ccc(CN2CCOCC2)cc1)NCc1ccc(C(F)(F)F)cc1. The number of carbonyl (C=O) groups excluding carboxylic acids is 1. The van der Waals surface area contributed by atoms with E-state index in [4.69, 9.17) is 4.74 Å². The number of benzene rings is 2. The van der Waals surface area contributed by atoms with Crippen molar-refractivity contribution < 1.29 is 22.7 Å². The quantitative estimate of drug-likeness (QED) is 0.770. The molecule has 1 aliphatic rings. The summed E-state index contributed by atoms with van der Waals surface area (Å²) < 4.78 is 43.0. The van der Waals surface area contributed by atoms with E-state index >= 15 is 0 Å². The van der Waals surface area contributed by atoms with Crippen molar-refractivity contribution in [2.45, 2.75) is 25.8 Å². The lowest BCUT2D eigenvalue weighted by Gasteiger charge is -2.26. The van der Waals surface area contributed by atoms with Crippen LogP contribution in [0.3, 0.4) is 0 Å². The molecule has 2 amide bonds. The number of hydrogen-bond donors (Lipinski definition) is 2. The van der Waals surface area contributed by atoms with E-state index < -0.39 is 11.7 Å². The fourth-order valence-electron chi connectivity index (χ4n) is 3.02. The normalized spacial score (nSPS) is 15.1. The molecule has 0 unspecified atom stereocenters. The van der Waals surface area contributed by atoms with Crippen molar-refractivity contribution >= 4 is 6.03 Å². The molecule has 156 valence electrons. The summed E-state index contributed by atoms with van der Waals surface area (Å²) in [5.41, 5.74) is 2.08. The van der Waals surface area contributed by atoms with Crippen LogP contribution in [0.2, 0.25) is 0 Å². The molecular weight excluding hydrogens is 383 g/mol. The minimum absolute atomic E-state index is 0.155. The molecule has 0 bridgehead atoms. The maximum atomic E-state index is 12.6. The van der Waals surface area contributed by atoms with Gasteiger partial charge in [-0.2, -0.15) is 13.2 Å². The molecule has 5 nitrogen and oxygen atoms in total. The lowest BCUT2D eigenvalue weighted by Crippen LogP contribution is -2.35. The van der Waals surface area contributed by atoms with Crippen molar-refractivity contribution in [2.24, 2.45) is 0 Å². The molecule has 0 aliphatic carbocycles. The van der Waals surface area contributed by atoms with Crippen molar-refractivity contribution in [1.29, 1.82) is 0 Å². The summed E-state index contributed by atoms with van der Waals surface area (Å²) in [5, 5.41) is 5.39. The van der Waals surface area contributed by atoms with Crippen molar-refractivity contribution in [2.75, 3.05) is 26.3 Å². The highest BCUT2D eigenvalue weighted by atomic mass is 19.4. The van der Waals surface area contributed by atoms with Crippen LogP contribution in [0.25, 0.3) is 0 Å². The number of rotatable bonds is 6. The van der Waals surface area contributed by atoms with Crippen LogP contribution in [0.4, 0.5) is 18.0 Å². The first-order valence-corrected chi connectivity index (χ1v) is 9.46. The molecule has 8 heteroatoms. The molecule has 1 saturated heterocycles. The molecule has 0 aromatic heterocycles. The monoisotopic (exact) mass is 407 g/mol. The second kappa shape index (κ2) is 9.76. The number of amides is 2. The molecule has 29 heavy (non-hydrogen) atoms. The topological polar surface area (TPSA) is 53.6 Å². The molecule has 1 fully saturated rings. The standard InChI is InChI=1S/C21H24F3N3O2/c22-21(23,24)19-7-5-17(6-8-19)14-26-20(28)25-13-16-1-3-18(4-2-16)15-27-9-11-29-12-10-27/h1-8H,9-15H2,(H2,25,26,28). The maximum Gasteiger partial charge on any atom is 0.416 e. The highest BCUT2D eigenvalue weighted by Crippen LogP contribution is 2.29. The van der Waals surface area contributed by atoms with Crippen LogP contribution in [-0.2, 0) is 30.5 Å². The van der Waals surface area contributed by atoms with Crippen LogP contribution in [-0.4, -0.2) is 37.2 Å². The van der Waals surface area contributed by atoms with Crippen molar-refractivity contribution in [3.8, 4) is 0 Å². The Morgan fingerprint density at radius 2 is 1.34 bits per heavy atom. The van der Waals surface area contributed by atoms with Crippen molar-refractivity contribution in [3.05, 3.63) is 70.8 Å². The van der Waals surface area contributed by atoms with Gasteiger partial charge < -0.3 is 15.4 Å². The van der Waals surface area contributed by atoms with Gasteiger partial charge in [-0.15, -0.1) is 0 Å². The van der Waals surface area contributed by atoms with Gasteiger partial charge in [-0.1, -0.05) is 36.4 Å². The molecule has 1 heterocycles. The predicted molar refractivity (Wildman–Crippen MR) is 103 cm³/mol. The summed E-state index contributed by atoms with van der Waals surface area (Å²) in [7, 11) is 0. The Kier molecular flexibility index (Phi) is 7.11. The van der Waals surface area contributed by atoms with Gasteiger partial charge in [0.1, 0.15) is 0 Å². The first-order chi connectivity index (χ1) is 13.9. The molecule has 3 rings (SSSR count). The third kappa shape index (κ3) is 6.76. The summed E-state index contributed by atoms with van der Waals surface area (Å²) in [4.78, 5) is 14.3. The first-order valence-electron chi connectivity index (χ1n) is 9.46. The van der Waals surface area contributed by atoms with Crippen LogP contribution in [0.5, 0.6) is 0 Å². The molecule has 0 saturated carbocycles. The van der Waals surface area contributed by atoms with Gasteiger partial charge in [0.15, 0.2) is 0 Å². The van der Waals surface area contributed by atoms with Gasteiger partial charge >= 0.3 is 12.2 Å². The van der Waals surface area contributed by atoms with Crippen LogP contribution < -0.4 is 10.6 Å². The predicted octanol–water partition coefficient (Wildman–Crippen LogP) is 3.54. The Hall–Kier alpha value is -2.58. The van der Waals surface area contributed by atoms with Gasteiger partial charge in [-0.05, 0) is 28.8 Å². The number of halogens is 3. The number of alkyl halides is 3. The highest BCUT2D eigenvalue weighted by Gasteiger charge is 2.29. The van der Waals surface area contributed by atoms with E-state index in [1.165, 1.54) is 17.7 Å². The number of ether oxygens (including phenoxy) is 1. The zero-order chi connectivity index (χ0) is 20.7. The van der Waals surface area contributed by atoms with Gasteiger partial charge in [0.05, 0.1) is 18.8 Å². The fourth-order valence-corrected chi connectivity index (χ4v) is 3.02. The Morgan fingerprint density at radius 3 is 1.86 bits per heavy atom. The molecule has 2 aromatic carbocycles. The van der Waals surface area contributed by atoms with Crippen LogP contribution >= 0.6 is 0 Å². The number of carbonyl (C=O) groups is 1. The largest absolute Gasteiger partial charge is 0.416 e. The summed E-state index contributed by atoms with van der Waals surface area (Å²) in [6.45, 7) is 4.81. The highest BCUT2D eigenvalue weighted by molar-refractivity contribution is 5.73. The summed E-state index contributed by atoms with van der Waals surface area (Å²) >= 11 is 0. The Bertz CT molecular complexity index is 786. The molecule has 0 radical (unpaired) electrons. The van der Waals surface area contributed by atoms with Gasteiger partial charge in [-0.3, -0.25) is 4.90 Å². The smallest absolute Gasteiger partial charge is 0.379 e. The summed E-state index contributed by atoms with van der Waals surface area (Å²) in [6, 6.07) is 12.4. The van der Waals surface area contributed by atoms with Crippen LogP contribution in [0.1, 0.15) is 22.3 Å². The third-order valence-electron chi connectivity index (χ3n) is 4.72. The van der Waals surface area contributed by atoms with E-state index in [9.17, 15) is 18.0 Å². The zero-order valence-electron chi connectivity index (χ0n) is 16.0. The Morgan fingerprint density at radius 1 is 0.862 bits per heavy atom. The Balaban J connectivity index is 1.39. The molecule has 0 spiro atoms. The lowest BCUT2D eigenvalue weighted by atomic mass is 10.1. The van der Waals surface area contributed by atoms with Crippen molar-refractivity contribution in [3.63, 3.8) is 0 Å². The molecular formula is C21H24F3N3O2. The van der Waals surface area contributed by atoms with Gasteiger partial charge in [-0.25, -0.2) is 4.79 Å². The number of nitrogens with zero attached hydrogens (tertiary/aromatic N) is 1. The summed E-state index contributed by atoms with van der Waals surface area (Å²) in [6.07, 6.45) is -4.36. The van der Waals surface area contributed by atoms with E-state index in [1.807, 2.05) is 24.3 Å². The van der Waals surface area contributed by atoms with E-state index in [-0.39, 0.29) is 12.6 Å². The average molecular weight is 407 g/mol. The van der Waals surface area contributed by atoms with E-state index in [0.717, 1.165) is 50.5 Å². The van der Waals surface area contributed by atoms with E-state index in [1.54, 1.807) is 0 Å². The minimum Gasteiger partial charge on any atom is -0.379 e. The Labute approximate surface area is 167 Å². The molecule has 2 aromatic rings. The number of hydrogen-bond acceptors (Lipinski definition) is 3. The molecule has 2 N–H and O–H groups in total. The van der Waals surface area contributed by atoms with Crippen molar-refractivity contribution in [1.82, 2.24) is 15.5 Å². The fraction of sp³-hybridized carbons (Fsp3) is 0.381. The zero-order valence-corrected chi connectivity index (χ0v) is 16.0. The minimum atomic E-state index is -4.36. The molecule has 0 atom stereocenters. The van der Waals surface area contributed by atoms with E-state index in [2.05, 4.69) is 15.5 Å². The first kappa shape index (κ1) is 21.1. The third-order valence-corrected chi connectivity index (χ3v) is 4.72. The van der Waals surface area contributed by atoms with Gasteiger partial charge in [0.2, 0.25) is 0 Å². The number of morpholine rings is 1. The second-order valence-electron chi connectivity index (χ2n) is 6.94. The average Bonchev–Trinajstić information content (AvgIpc) is 2.72.